The minimum atomic E-state index is 0.691. The molecule has 18 heavy (non-hydrogen) atoms. The van der Waals surface area contributed by atoms with Crippen LogP contribution in [0.2, 0.25) is 5.02 Å². The molecule has 0 radical (unpaired) electrons. The standard InChI is InChI=1S/C14H13BrClNO/c15-14-11(2-1-3-12(14)16)13-7-6-10(18-13)8-17-9-4-5-9/h1-3,6-7,9,17H,4-5,8H2. The largest absolute Gasteiger partial charge is 0.460 e. The molecule has 1 aromatic heterocycles. The number of hydrogen-bond donors (Lipinski definition) is 1. The molecule has 0 unspecified atom stereocenters. The maximum absolute atomic E-state index is 6.08. The van der Waals surface area contributed by atoms with Crippen LogP contribution in [0.1, 0.15) is 18.6 Å². The molecule has 1 fully saturated rings. The summed E-state index contributed by atoms with van der Waals surface area (Å²) in [5, 5.41) is 4.13. The second-order valence-electron chi connectivity index (χ2n) is 4.52. The van der Waals surface area contributed by atoms with Gasteiger partial charge in [-0.1, -0.05) is 17.7 Å². The third-order valence-electron chi connectivity index (χ3n) is 3.02. The molecule has 1 aromatic carbocycles. The van der Waals surface area contributed by atoms with Crippen LogP contribution in [0.4, 0.5) is 0 Å². The molecule has 1 aliphatic rings. The van der Waals surface area contributed by atoms with Gasteiger partial charge in [-0.25, -0.2) is 0 Å². The fraction of sp³-hybridized carbons (Fsp3) is 0.286. The summed E-state index contributed by atoms with van der Waals surface area (Å²) in [6, 6.07) is 10.5. The van der Waals surface area contributed by atoms with Gasteiger partial charge in [-0.3, -0.25) is 0 Å². The van der Waals surface area contributed by atoms with E-state index in [1.807, 2.05) is 30.3 Å². The molecule has 0 aliphatic heterocycles. The van der Waals surface area contributed by atoms with Crippen molar-refractivity contribution in [2.45, 2.75) is 25.4 Å². The van der Waals surface area contributed by atoms with E-state index in [1.54, 1.807) is 0 Å². The Morgan fingerprint density at radius 2 is 2.11 bits per heavy atom. The Labute approximate surface area is 119 Å². The van der Waals surface area contributed by atoms with Gasteiger partial charge in [-0.15, -0.1) is 0 Å². The van der Waals surface area contributed by atoms with Gasteiger partial charge < -0.3 is 9.73 Å². The minimum Gasteiger partial charge on any atom is -0.460 e. The Bertz CT molecular complexity index is 563. The molecule has 2 nitrogen and oxygen atoms in total. The predicted octanol–water partition coefficient (Wildman–Crippen LogP) is 4.61. The molecular formula is C14H13BrClNO. The first-order valence-corrected chi connectivity index (χ1v) is 7.17. The van der Waals surface area contributed by atoms with Crippen molar-refractivity contribution >= 4 is 27.5 Å². The summed E-state index contributed by atoms with van der Waals surface area (Å²) < 4.78 is 6.71. The molecule has 0 atom stereocenters. The van der Waals surface area contributed by atoms with E-state index < -0.39 is 0 Å². The summed E-state index contributed by atoms with van der Waals surface area (Å²) in [5.41, 5.74) is 0.986. The van der Waals surface area contributed by atoms with Gasteiger partial charge >= 0.3 is 0 Å². The highest BCUT2D eigenvalue weighted by Crippen LogP contribution is 2.34. The lowest BCUT2D eigenvalue weighted by molar-refractivity contribution is 0.492. The fourth-order valence-corrected chi connectivity index (χ4v) is 2.48. The third-order valence-corrected chi connectivity index (χ3v) is 4.42. The van der Waals surface area contributed by atoms with Crippen molar-refractivity contribution in [1.82, 2.24) is 5.32 Å². The van der Waals surface area contributed by atoms with Crippen LogP contribution in [0.15, 0.2) is 39.2 Å². The lowest BCUT2D eigenvalue weighted by Crippen LogP contribution is -2.14. The number of halogens is 2. The van der Waals surface area contributed by atoms with E-state index in [9.17, 15) is 0 Å². The van der Waals surface area contributed by atoms with Gasteiger partial charge in [0.25, 0.3) is 0 Å². The number of hydrogen-bond acceptors (Lipinski definition) is 2. The Morgan fingerprint density at radius 3 is 2.89 bits per heavy atom. The van der Waals surface area contributed by atoms with Crippen LogP contribution in [-0.2, 0) is 6.54 Å². The number of furan rings is 1. The van der Waals surface area contributed by atoms with E-state index in [4.69, 9.17) is 16.0 Å². The van der Waals surface area contributed by atoms with Gasteiger partial charge in [0, 0.05) is 16.1 Å². The van der Waals surface area contributed by atoms with E-state index in [0.717, 1.165) is 28.1 Å². The van der Waals surface area contributed by atoms with Gasteiger partial charge in [-0.05, 0) is 53.0 Å². The molecule has 3 rings (SSSR count). The Balaban J connectivity index is 1.80. The second-order valence-corrected chi connectivity index (χ2v) is 5.72. The summed E-state index contributed by atoms with van der Waals surface area (Å²) in [6.07, 6.45) is 2.57. The molecule has 94 valence electrons. The van der Waals surface area contributed by atoms with Gasteiger partial charge in [0.15, 0.2) is 0 Å². The maximum Gasteiger partial charge on any atom is 0.135 e. The average Bonchev–Trinajstić information content (AvgIpc) is 3.08. The lowest BCUT2D eigenvalue weighted by atomic mass is 10.2. The highest BCUT2D eigenvalue weighted by atomic mass is 79.9. The summed E-state index contributed by atoms with van der Waals surface area (Å²) in [6.45, 7) is 0.794. The van der Waals surface area contributed by atoms with Crippen molar-refractivity contribution < 1.29 is 4.42 Å². The van der Waals surface area contributed by atoms with E-state index >= 15 is 0 Å². The van der Waals surface area contributed by atoms with Gasteiger partial charge in [0.2, 0.25) is 0 Å². The van der Waals surface area contributed by atoms with Gasteiger partial charge in [-0.2, -0.15) is 0 Å². The van der Waals surface area contributed by atoms with Crippen LogP contribution in [0, 0.1) is 0 Å². The molecule has 1 heterocycles. The molecule has 1 aliphatic carbocycles. The van der Waals surface area contributed by atoms with E-state index in [0.29, 0.717) is 11.1 Å². The van der Waals surface area contributed by atoms with Crippen LogP contribution in [0.25, 0.3) is 11.3 Å². The number of nitrogens with one attached hydrogen (secondary N) is 1. The maximum atomic E-state index is 6.08. The van der Waals surface area contributed by atoms with Crippen molar-refractivity contribution in [3.63, 3.8) is 0 Å². The summed E-state index contributed by atoms with van der Waals surface area (Å²) in [4.78, 5) is 0. The zero-order chi connectivity index (χ0) is 12.5. The molecule has 0 spiro atoms. The van der Waals surface area contributed by atoms with Crippen molar-refractivity contribution in [1.29, 1.82) is 0 Å². The molecule has 4 heteroatoms. The molecule has 0 amide bonds. The molecule has 0 saturated heterocycles. The Morgan fingerprint density at radius 1 is 1.28 bits per heavy atom. The van der Waals surface area contributed by atoms with Crippen LogP contribution < -0.4 is 5.32 Å². The van der Waals surface area contributed by atoms with E-state index in [2.05, 4.69) is 21.2 Å². The molecule has 1 saturated carbocycles. The molecule has 2 aromatic rings. The average molecular weight is 327 g/mol. The second kappa shape index (κ2) is 5.08. The van der Waals surface area contributed by atoms with Crippen molar-refractivity contribution in [3.05, 3.63) is 45.6 Å². The van der Waals surface area contributed by atoms with Crippen molar-refractivity contribution in [2.75, 3.05) is 0 Å². The van der Waals surface area contributed by atoms with Crippen LogP contribution >= 0.6 is 27.5 Å². The zero-order valence-electron chi connectivity index (χ0n) is 9.75. The number of rotatable bonds is 4. The summed E-state index contributed by atoms with van der Waals surface area (Å²) >= 11 is 9.57. The van der Waals surface area contributed by atoms with Crippen molar-refractivity contribution in [2.24, 2.45) is 0 Å². The van der Waals surface area contributed by atoms with Gasteiger partial charge in [0.05, 0.1) is 11.6 Å². The minimum absolute atomic E-state index is 0.691. The fourth-order valence-electron chi connectivity index (χ4n) is 1.84. The predicted molar refractivity (Wildman–Crippen MR) is 76.7 cm³/mol. The zero-order valence-corrected chi connectivity index (χ0v) is 12.1. The van der Waals surface area contributed by atoms with E-state index in [1.165, 1.54) is 12.8 Å². The monoisotopic (exact) mass is 325 g/mol. The lowest BCUT2D eigenvalue weighted by Gasteiger charge is -2.03. The van der Waals surface area contributed by atoms with Crippen LogP contribution in [-0.4, -0.2) is 6.04 Å². The first kappa shape index (κ1) is 12.3. The highest BCUT2D eigenvalue weighted by molar-refractivity contribution is 9.10. The Hall–Kier alpha value is -0.770. The van der Waals surface area contributed by atoms with Gasteiger partial charge in [0.1, 0.15) is 11.5 Å². The number of benzene rings is 1. The molecular weight excluding hydrogens is 314 g/mol. The molecule has 0 bridgehead atoms. The SMILES string of the molecule is Clc1cccc(-c2ccc(CNC3CC3)o2)c1Br. The van der Waals surface area contributed by atoms with Crippen LogP contribution in [0.5, 0.6) is 0 Å². The summed E-state index contributed by atoms with van der Waals surface area (Å²) in [5.74, 6) is 1.81. The highest BCUT2D eigenvalue weighted by Gasteiger charge is 2.20. The smallest absolute Gasteiger partial charge is 0.135 e. The normalized spacial score (nSPS) is 15.0. The third kappa shape index (κ3) is 2.63. The topological polar surface area (TPSA) is 25.2 Å². The quantitative estimate of drug-likeness (QED) is 0.887. The summed E-state index contributed by atoms with van der Waals surface area (Å²) in [7, 11) is 0. The first-order valence-electron chi connectivity index (χ1n) is 6.00. The molecule has 1 N–H and O–H groups in total. The Kier molecular flexibility index (Phi) is 3.46. The first-order chi connectivity index (χ1) is 8.74. The van der Waals surface area contributed by atoms with E-state index in [-0.39, 0.29) is 0 Å². The van der Waals surface area contributed by atoms with Crippen molar-refractivity contribution in [3.8, 4) is 11.3 Å². The van der Waals surface area contributed by atoms with Crippen LogP contribution in [0.3, 0.4) is 0 Å².